The van der Waals surface area contributed by atoms with Crippen molar-refractivity contribution in [2.24, 2.45) is 0 Å². The van der Waals surface area contributed by atoms with E-state index in [9.17, 15) is 24.5 Å². The second kappa shape index (κ2) is 11.0. The molecule has 3 aromatic rings. The highest BCUT2D eigenvalue weighted by Crippen LogP contribution is 2.25. The minimum atomic E-state index is -1.02. The fourth-order valence-electron chi connectivity index (χ4n) is 3.00. The zero-order valence-electron chi connectivity index (χ0n) is 17.6. The highest BCUT2D eigenvalue weighted by atomic mass is 32.1. The van der Waals surface area contributed by atoms with E-state index in [0.29, 0.717) is 10.4 Å². The Morgan fingerprint density at radius 1 is 1.09 bits per heavy atom. The van der Waals surface area contributed by atoms with Crippen LogP contribution in [0.2, 0.25) is 0 Å². The molecule has 0 aliphatic carbocycles. The zero-order valence-corrected chi connectivity index (χ0v) is 18.5. The lowest BCUT2D eigenvalue weighted by atomic mass is 10.1. The molecule has 0 aliphatic heterocycles. The predicted molar refractivity (Wildman–Crippen MR) is 123 cm³/mol. The highest BCUT2D eigenvalue weighted by molar-refractivity contribution is 7.12. The Bertz CT molecular complexity index is 1150. The summed E-state index contributed by atoms with van der Waals surface area (Å²) < 4.78 is 5.12. The van der Waals surface area contributed by atoms with Gasteiger partial charge in [0.2, 0.25) is 0 Å². The molecule has 2 amide bonds. The van der Waals surface area contributed by atoms with Gasteiger partial charge in [-0.3, -0.25) is 19.7 Å². The van der Waals surface area contributed by atoms with Crippen LogP contribution < -0.4 is 10.6 Å². The van der Waals surface area contributed by atoms with Crippen molar-refractivity contribution in [1.82, 2.24) is 5.32 Å². The fraction of sp³-hybridized carbons (Fsp3) is 0.174. The lowest BCUT2D eigenvalue weighted by Crippen LogP contribution is -2.43. The van der Waals surface area contributed by atoms with Gasteiger partial charge in [-0.25, -0.2) is 4.79 Å². The molecule has 170 valence electrons. The minimum Gasteiger partial charge on any atom is -0.454 e. The van der Waals surface area contributed by atoms with Crippen molar-refractivity contribution in [2.45, 2.75) is 19.4 Å². The standard InChI is InChI=1S/C23H21N3O6S/c1-15-9-10-17(19(12-15)26(30)31)24-21(27)14-32-23(29)18(13-16-6-3-2-4-7-16)25-22(28)20-8-5-11-33-20/h2-12,18H,13-14H2,1H3,(H,24,27)(H,25,28). The van der Waals surface area contributed by atoms with Crippen LogP contribution in [0, 0.1) is 17.0 Å². The molecular weight excluding hydrogens is 446 g/mol. The van der Waals surface area contributed by atoms with E-state index < -0.39 is 35.4 Å². The van der Waals surface area contributed by atoms with Crippen LogP contribution in [0.15, 0.2) is 66.0 Å². The maximum atomic E-state index is 12.7. The number of amides is 2. The summed E-state index contributed by atoms with van der Waals surface area (Å²) in [4.78, 5) is 48.5. The molecule has 0 saturated heterocycles. The Balaban J connectivity index is 1.65. The van der Waals surface area contributed by atoms with E-state index in [4.69, 9.17) is 4.74 Å². The van der Waals surface area contributed by atoms with Gasteiger partial charge in [-0.05, 0) is 35.6 Å². The van der Waals surface area contributed by atoms with Gasteiger partial charge in [0.05, 0.1) is 9.80 Å². The molecule has 10 heteroatoms. The average molecular weight is 468 g/mol. The number of carbonyl (C=O) groups is 3. The summed E-state index contributed by atoms with van der Waals surface area (Å²) >= 11 is 1.23. The van der Waals surface area contributed by atoms with Crippen LogP contribution in [0.5, 0.6) is 0 Å². The SMILES string of the molecule is Cc1ccc(NC(=O)COC(=O)C(Cc2ccccc2)NC(=O)c2cccs2)c([N+](=O)[O-])c1. The zero-order chi connectivity index (χ0) is 23.8. The molecule has 0 radical (unpaired) electrons. The fourth-order valence-corrected chi connectivity index (χ4v) is 3.63. The van der Waals surface area contributed by atoms with E-state index in [1.807, 2.05) is 6.07 Å². The Morgan fingerprint density at radius 2 is 1.85 bits per heavy atom. The Kier molecular flexibility index (Phi) is 7.87. The van der Waals surface area contributed by atoms with Gasteiger partial charge in [0.25, 0.3) is 17.5 Å². The molecule has 2 aromatic carbocycles. The van der Waals surface area contributed by atoms with E-state index in [2.05, 4.69) is 10.6 Å². The third-order valence-electron chi connectivity index (χ3n) is 4.59. The summed E-state index contributed by atoms with van der Waals surface area (Å²) in [7, 11) is 0. The molecule has 0 aliphatic rings. The van der Waals surface area contributed by atoms with Crippen LogP contribution in [-0.2, 0) is 20.7 Å². The molecule has 3 rings (SSSR count). The van der Waals surface area contributed by atoms with Crippen molar-refractivity contribution in [3.63, 3.8) is 0 Å². The summed E-state index contributed by atoms with van der Waals surface area (Å²) in [6.45, 7) is 1.03. The maximum absolute atomic E-state index is 12.7. The number of aryl methyl sites for hydroxylation is 1. The van der Waals surface area contributed by atoms with Crippen molar-refractivity contribution in [3.8, 4) is 0 Å². The molecule has 33 heavy (non-hydrogen) atoms. The molecule has 9 nitrogen and oxygen atoms in total. The van der Waals surface area contributed by atoms with E-state index in [1.54, 1.807) is 54.8 Å². The van der Waals surface area contributed by atoms with Crippen LogP contribution in [0.4, 0.5) is 11.4 Å². The maximum Gasteiger partial charge on any atom is 0.329 e. The summed E-state index contributed by atoms with van der Waals surface area (Å²) in [6, 6.07) is 15.7. The summed E-state index contributed by atoms with van der Waals surface area (Å²) in [5.41, 5.74) is 1.19. The predicted octanol–water partition coefficient (Wildman–Crippen LogP) is 3.49. The molecule has 0 spiro atoms. The Hall–Kier alpha value is -4.05. The van der Waals surface area contributed by atoms with E-state index in [-0.39, 0.29) is 17.8 Å². The number of rotatable bonds is 9. The molecule has 1 heterocycles. The lowest BCUT2D eigenvalue weighted by Gasteiger charge is -2.17. The first-order valence-electron chi connectivity index (χ1n) is 9.93. The third-order valence-corrected chi connectivity index (χ3v) is 5.46. The van der Waals surface area contributed by atoms with Crippen LogP contribution in [0.3, 0.4) is 0 Å². The topological polar surface area (TPSA) is 128 Å². The van der Waals surface area contributed by atoms with Gasteiger partial charge in [0.1, 0.15) is 11.7 Å². The van der Waals surface area contributed by atoms with Crippen LogP contribution >= 0.6 is 11.3 Å². The number of esters is 1. The van der Waals surface area contributed by atoms with Gasteiger partial charge in [0.15, 0.2) is 6.61 Å². The first-order valence-corrected chi connectivity index (χ1v) is 10.8. The Labute approximate surface area is 193 Å². The quantitative estimate of drug-likeness (QED) is 0.282. The van der Waals surface area contributed by atoms with Gasteiger partial charge >= 0.3 is 5.97 Å². The lowest BCUT2D eigenvalue weighted by molar-refractivity contribution is -0.384. The summed E-state index contributed by atoms with van der Waals surface area (Å²) in [6.07, 6.45) is 0.168. The first-order chi connectivity index (χ1) is 15.8. The number of nitrogens with zero attached hydrogens (tertiary/aromatic N) is 1. The molecule has 0 saturated carbocycles. The largest absolute Gasteiger partial charge is 0.454 e. The molecule has 1 aromatic heterocycles. The number of benzene rings is 2. The Morgan fingerprint density at radius 3 is 2.52 bits per heavy atom. The van der Waals surface area contributed by atoms with Gasteiger partial charge in [-0.2, -0.15) is 0 Å². The molecule has 0 fully saturated rings. The minimum absolute atomic E-state index is 0.00140. The van der Waals surface area contributed by atoms with Crippen molar-refractivity contribution < 1.29 is 24.0 Å². The van der Waals surface area contributed by atoms with Crippen molar-refractivity contribution in [2.75, 3.05) is 11.9 Å². The number of thiophene rings is 1. The van der Waals surface area contributed by atoms with E-state index >= 15 is 0 Å². The van der Waals surface area contributed by atoms with Crippen LogP contribution in [-0.4, -0.2) is 35.4 Å². The number of hydrogen-bond donors (Lipinski definition) is 2. The van der Waals surface area contributed by atoms with Crippen molar-refractivity contribution >= 4 is 40.5 Å². The van der Waals surface area contributed by atoms with Crippen molar-refractivity contribution in [1.29, 1.82) is 0 Å². The molecule has 2 N–H and O–H groups in total. The number of nitro benzene ring substituents is 1. The van der Waals surface area contributed by atoms with Crippen LogP contribution in [0.1, 0.15) is 20.8 Å². The van der Waals surface area contributed by atoms with Crippen molar-refractivity contribution in [3.05, 3.63) is 92.2 Å². The van der Waals surface area contributed by atoms with E-state index in [0.717, 1.165) is 5.56 Å². The normalized spacial score (nSPS) is 11.3. The number of anilines is 1. The molecule has 1 atom stereocenters. The van der Waals surface area contributed by atoms with Crippen LogP contribution in [0.25, 0.3) is 0 Å². The number of nitro groups is 1. The van der Waals surface area contributed by atoms with E-state index in [1.165, 1.54) is 23.5 Å². The molecule has 0 bridgehead atoms. The second-order valence-electron chi connectivity index (χ2n) is 7.13. The molecule has 1 unspecified atom stereocenters. The first kappa shape index (κ1) is 23.6. The van der Waals surface area contributed by atoms with Gasteiger partial charge in [-0.15, -0.1) is 11.3 Å². The number of nitrogens with one attached hydrogen (secondary N) is 2. The average Bonchev–Trinajstić information content (AvgIpc) is 3.34. The number of hydrogen-bond acceptors (Lipinski definition) is 7. The number of carbonyl (C=O) groups excluding carboxylic acids is 3. The second-order valence-corrected chi connectivity index (χ2v) is 8.07. The highest BCUT2D eigenvalue weighted by Gasteiger charge is 2.25. The number of ether oxygens (including phenoxy) is 1. The third kappa shape index (κ3) is 6.71. The monoisotopic (exact) mass is 467 g/mol. The smallest absolute Gasteiger partial charge is 0.329 e. The van der Waals surface area contributed by atoms with Gasteiger partial charge in [0, 0.05) is 12.5 Å². The molecular formula is C23H21N3O6S. The summed E-state index contributed by atoms with van der Waals surface area (Å²) in [5, 5.41) is 18.0. The van der Waals surface area contributed by atoms with Gasteiger partial charge < -0.3 is 15.4 Å². The summed E-state index contributed by atoms with van der Waals surface area (Å²) in [5.74, 6) is -1.96. The van der Waals surface area contributed by atoms with Gasteiger partial charge in [-0.1, -0.05) is 42.5 Å².